The van der Waals surface area contributed by atoms with Gasteiger partial charge in [-0.15, -0.1) is 0 Å². The minimum atomic E-state index is -1.17. The Kier molecular flexibility index (Phi) is 4.74. The maximum absolute atomic E-state index is 5.66. The molecule has 1 saturated heterocycles. The molecule has 0 amide bonds. The molecule has 1 fully saturated rings. The number of hydrogen-bond donors (Lipinski definition) is 0. The average molecular weight is 268 g/mol. The lowest BCUT2D eigenvalue weighted by atomic mass is 9.97. The summed E-state index contributed by atoms with van der Waals surface area (Å²) in [6, 6.07) is 8.47. The normalized spacial score (nSPS) is 19.9. The van der Waals surface area contributed by atoms with E-state index in [4.69, 9.17) is 13.6 Å². The van der Waals surface area contributed by atoms with E-state index in [1.807, 2.05) is 0 Å². The van der Waals surface area contributed by atoms with Crippen LogP contribution in [0.1, 0.15) is 31.9 Å². The molecule has 1 heterocycles. The van der Waals surface area contributed by atoms with Crippen LogP contribution in [0.5, 0.6) is 0 Å². The first-order chi connectivity index (χ1) is 8.59. The number of aryl methyl sites for hydroxylation is 1. The van der Waals surface area contributed by atoms with E-state index in [9.17, 15) is 0 Å². The average Bonchev–Trinajstić information content (AvgIpc) is 2.38. The molecule has 0 aliphatic carbocycles. The summed E-state index contributed by atoms with van der Waals surface area (Å²) < 4.78 is 16.8. The van der Waals surface area contributed by atoms with Gasteiger partial charge in [0, 0.05) is 5.41 Å². The predicted octanol–water partition coefficient (Wildman–Crippen LogP) is 4.07. The molecule has 0 spiro atoms. The SMILES string of the molecule is CCc1ccc(COP2OCC(C)(C)CO2)cc1. The highest BCUT2D eigenvalue weighted by molar-refractivity contribution is 7.41. The van der Waals surface area contributed by atoms with Crippen molar-refractivity contribution in [2.45, 2.75) is 33.8 Å². The summed E-state index contributed by atoms with van der Waals surface area (Å²) in [4.78, 5) is 0. The maximum Gasteiger partial charge on any atom is 0.333 e. The standard InChI is InChI=1S/C14H21O3P/c1-4-12-5-7-13(8-6-12)9-15-18-16-10-14(2,3)11-17-18/h5-8H,4,9-11H2,1-3H3. The third-order valence-electron chi connectivity index (χ3n) is 2.89. The van der Waals surface area contributed by atoms with Crippen molar-refractivity contribution in [3.05, 3.63) is 35.4 Å². The van der Waals surface area contributed by atoms with Crippen LogP contribution >= 0.6 is 8.60 Å². The topological polar surface area (TPSA) is 27.7 Å². The fourth-order valence-corrected chi connectivity index (χ4v) is 2.99. The summed E-state index contributed by atoms with van der Waals surface area (Å²) in [5.74, 6) is 0. The van der Waals surface area contributed by atoms with Crippen LogP contribution in [0.3, 0.4) is 0 Å². The lowest BCUT2D eigenvalue weighted by Gasteiger charge is -2.32. The van der Waals surface area contributed by atoms with Gasteiger partial charge >= 0.3 is 8.60 Å². The van der Waals surface area contributed by atoms with Crippen molar-refractivity contribution < 1.29 is 13.6 Å². The van der Waals surface area contributed by atoms with E-state index in [0.717, 1.165) is 12.0 Å². The van der Waals surface area contributed by atoms with Crippen LogP contribution in [0.15, 0.2) is 24.3 Å². The molecule has 0 bridgehead atoms. The molecule has 100 valence electrons. The van der Waals surface area contributed by atoms with Gasteiger partial charge in [-0.1, -0.05) is 45.0 Å². The number of rotatable bonds is 4. The maximum atomic E-state index is 5.66. The highest BCUT2D eigenvalue weighted by Crippen LogP contribution is 2.47. The van der Waals surface area contributed by atoms with Gasteiger partial charge in [0.25, 0.3) is 0 Å². The molecule has 0 atom stereocenters. The van der Waals surface area contributed by atoms with Crippen molar-refractivity contribution in [3.8, 4) is 0 Å². The predicted molar refractivity (Wildman–Crippen MR) is 73.2 cm³/mol. The Balaban J connectivity index is 1.78. The van der Waals surface area contributed by atoms with Gasteiger partial charge in [0.15, 0.2) is 0 Å². The molecular formula is C14H21O3P. The summed E-state index contributed by atoms with van der Waals surface area (Å²) in [7, 11) is -1.17. The van der Waals surface area contributed by atoms with Crippen molar-refractivity contribution in [3.63, 3.8) is 0 Å². The van der Waals surface area contributed by atoms with Gasteiger partial charge < -0.3 is 13.6 Å². The highest BCUT2D eigenvalue weighted by Gasteiger charge is 2.30. The molecule has 0 aromatic heterocycles. The largest absolute Gasteiger partial charge is 0.333 e. The van der Waals surface area contributed by atoms with Crippen LogP contribution in [0.4, 0.5) is 0 Å². The summed E-state index contributed by atoms with van der Waals surface area (Å²) in [6.07, 6.45) is 1.06. The van der Waals surface area contributed by atoms with Gasteiger partial charge in [0.1, 0.15) is 0 Å². The molecule has 1 aliphatic rings. The Hall–Kier alpha value is -0.470. The van der Waals surface area contributed by atoms with Crippen molar-refractivity contribution in [1.29, 1.82) is 0 Å². The zero-order chi connectivity index (χ0) is 13.0. The summed E-state index contributed by atoms with van der Waals surface area (Å²) in [5.41, 5.74) is 2.61. The first kappa shape index (κ1) is 14.0. The van der Waals surface area contributed by atoms with Crippen molar-refractivity contribution in [2.75, 3.05) is 13.2 Å². The van der Waals surface area contributed by atoms with Gasteiger partial charge in [-0.05, 0) is 17.5 Å². The van der Waals surface area contributed by atoms with Crippen molar-refractivity contribution >= 4 is 8.60 Å². The first-order valence-corrected chi connectivity index (χ1v) is 7.45. The van der Waals surface area contributed by atoms with E-state index in [1.54, 1.807) is 0 Å². The molecule has 1 aromatic rings. The fraction of sp³-hybridized carbons (Fsp3) is 0.571. The Morgan fingerprint density at radius 3 is 2.22 bits per heavy atom. The molecule has 18 heavy (non-hydrogen) atoms. The molecule has 1 aliphatic heterocycles. The third-order valence-corrected chi connectivity index (χ3v) is 3.91. The smallest absolute Gasteiger partial charge is 0.312 e. The quantitative estimate of drug-likeness (QED) is 0.770. The fourth-order valence-electron chi connectivity index (χ4n) is 1.61. The van der Waals surface area contributed by atoms with E-state index < -0.39 is 8.60 Å². The van der Waals surface area contributed by atoms with Crippen LogP contribution < -0.4 is 0 Å². The number of benzene rings is 1. The second kappa shape index (κ2) is 6.12. The minimum Gasteiger partial charge on any atom is -0.312 e. The summed E-state index contributed by atoms with van der Waals surface area (Å²) in [6.45, 7) is 8.36. The first-order valence-electron chi connectivity index (χ1n) is 6.36. The second-order valence-electron chi connectivity index (χ2n) is 5.38. The van der Waals surface area contributed by atoms with Gasteiger partial charge in [0.2, 0.25) is 0 Å². The molecule has 3 nitrogen and oxygen atoms in total. The molecule has 0 saturated carbocycles. The van der Waals surface area contributed by atoms with Crippen LogP contribution in [-0.2, 0) is 26.6 Å². The molecule has 0 radical (unpaired) electrons. The van der Waals surface area contributed by atoms with E-state index in [1.165, 1.54) is 5.56 Å². The van der Waals surface area contributed by atoms with Crippen LogP contribution in [0.25, 0.3) is 0 Å². The zero-order valence-electron chi connectivity index (χ0n) is 11.3. The van der Waals surface area contributed by atoms with E-state index in [-0.39, 0.29) is 5.41 Å². The van der Waals surface area contributed by atoms with Gasteiger partial charge in [-0.2, -0.15) is 0 Å². The van der Waals surface area contributed by atoms with Crippen LogP contribution in [0.2, 0.25) is 0 Å². The molecule has 2 rings (SSSR count). The summed E-state index contributed by atoms with van der Waals surface area (Å²) >= 11 is 0. The minimum absolute atomic E-state index is 0.102. The second-order valence-corrected chi connectivity index (χ2v) is 6.60. The lowest BCUT2D eigenvalue weighted by molar-refractivity contribution is 0.0258. The molecular weight excluding hydrogens is 247 g/mol. The third kappa shape index (κ3) is 4.03. The van der Waals surface area contributed by atoms with E-state index >= 15 is 0 Å². The monoisotopic (exact) mass is 268 g/mol. The van der Waals surface area contributed by atoms with Gasteiger partial charge in [-0.25, -0.2) is 0 Å². The Morgan fingerprint density at radius 2 is 1.67 bits per heavy atom. The van der Waals surface area contributed by atoms with Crippen molar-refractivity contribution in [1.82, 2.24) is 0 Å². The Bertz CT molecular complexity index is 365. The highest BCUT2D eigenvalue weighted by atomic mass is 31.2. The molecule has 0 N–H and O–H groups in total. The Morgan fingerprint density at radius 1 is 1.11 bits per heavy atom. The van der Waals surface area contributed by atoms with Crippen LogP contribution in [-0.4, -0.2) is 13.2 Å². The van der Waals surface area contributed by atoms with Crippen LogP contribution in [0, 0.1) is 5.41 Å². The molecule has 0 unspecified atom stereocenters. The van der Waals surface area contributed by atoms with E-state index in [0.29, 0.717) is 19.8 Å². The van der Waals surface area contributed by atoms with Gasteiger partial charge in [-0.3, -0.25) is 0 Å². The van der Waals surface area contributed by atoms with Gasteiger partial charge in [0.05, 0.1) is 19.8 Å². The lowest BCUT2D eigenvalue weighted by Crippen LogP contribution is -2.28. The zero-order valence-corrected chi connectivity index (χ0v) is 12.2. The number of hydrogen-bond acceptors (Lipinski definition) is 3. The Labute approximate surface area is 110 Å². The molecule has 4 heteroatoms. The van der Waals surface area contributed by atoms with E-state index in [2.05, 4.69) is 45.0 Å². The summed E-state index contributed by atoms with van der Waals surface area (Å²) in [5, 5.41) is 0. The van der Waals surface area contributed by atoms with Crippen molar-refractivity contribution in [2.24, 2.45) is 5.41 Å². The molecule has 1 aromatic carbocycles.